The Hall–Kier alpha value is -3.97. The topological polar surface area (TPSA) is 84.3 Å². The van der Waals surface area contributed by atoms with E-state index in [4.69, 9.17) is 19.8 Å². The van der Waals surface area contributed by atoms with Crippen LogP contribution in [0, 0.1) is 6.92 Å². The van der Waals surface area contributed by atoms with E-state index in [1.807, 2.05) is 50.3 Å². The van der Waals surface area contributed by atoms with Crippen molar-refractivity contribution in [2.45, 2.75) is 26.7 Å². The fourth-order valence-corrected chi connectivity index (χ4v) is 4.66. The van der Waals surface area contributed by atoms with Crippen molar-refractivity contribution in [3.63, 3.8) is 0 Å². The number of nitrogens with one attached hydrogen (secondary N) is 1. The smallest absolute Gasteiger partial charge is 0.307 e. The summed E-state index contributed by atoms with van der Waals surface area (Å²) in [7, 11) is 0. The van der Waals surface area contributed by atoms with Crippen LogP contribution in [0.4, 0.5) is 11.5 Å². The molecule has 7 heteroatoms. The van der Waals surface area contributed by atoms with Crippen molar-refractivity contribution in [3.05, 3.63) is 90.1 Å². The summed E-state index contributed by atoms with van der Waals surface area (Å²) in [6.07, 6.45) is 2.46. The summed E-state index contributed by atoms with van der Waals surface area (Å²) in [5, 5.41) is 12.4. The molecule has 4 aromatic rings. The second kappa shape index (κ2) is 11.0. The van der Waals surface area contributed by atoms with E-state index in [1.54, 1.807) is 23.5 Å². The van der Waals surface area contributed by atoms with Crippen molar-refractivity contribution in [2.24, 2.45) is 0 Å². The van der Waals surface area contributed by atoms with Crippen LogP contribution in [0.3, 0.4) is 0 Å². The molecule has 0 aliphatic carbocycles. The number of aromatic nitrogens is 2. The van der Waals surface area contributed by atoms with Crippen molar-refractivity contribution >= 4 is 28.8 Å². The van der Waals surface area contributed by atoms with E-state index in [2.05, 4.69) is 30.1 Å². The Morgan fingerprint density at radius 3 is 2.43 bits per heavy atom. The van der Waals surface area contributed by atoms with E-state index in [1.165, 1.54) is 0 Å². The van der Waals surface area contributed by atoms with Crippen LogP contribution >= 0.6 is 11.3 Å². The van der Waals surface area contributed by atoms with Gasteiger partial charge in [-0.3, -0.25) is 4.79 Å². The lowest BCUT2D eigenvalue weighted by Crippen LogP contribution is -2.05. The van der Waals surface area contributed by atoms with E-state index < -0.39 is 5.97 Å². The van der Waals surface area contributed by atoms with E-state index >= 15 is 0 Å². The third kappa shape index (κ3) is 5.94. The van der Waals surface area contributed by atoms with Gasteiger partial charge in [-0.2, -0.15) is 0 Å². The molecular formula is C28H27N3O3S. The fraction of sp³-hybridized carbons (Fsp3) is 0.179. The number of aryl methyl sites for hydroxylation is 1. The number of hydrogen-bond acceptors (Lipinski definition) is 6. The molecule has 0 fully saturated rings. The SMILES string of the molecule is C=CCc1c(C)nc(-c2ccc(-c3ccc(OCC)cc3)s2)nc1Nc1ccc(CC(=O)O)cc1. The quantitative estimate of drug-likeness (QED) is 0.244. The van der Waals surface area contributed by atoms with Gasteiger partial charge in [0.05, 0.1) is 17.9 Å². The van der Waals surface area contributed by atoms with Crippen LogP contribution in [0.25, 0.3) is 21.1 Å². The first kappa shape index (κ1) is 24.2. The highest BCUT2D eigenvalue weighted by Crippen LogP contribution is 2.35. The number of carboxylic acids is 1. The minimum absolute atomic E-state index is 0.00613. The molecule has 0 aliphatic heterocycles. The summed E-state index contributed by atoms with van der Waals surface area (Å²) in [5.74, 6) is 1.38. The maximum absolute atomic E-state index is 11.0. The van der Waals surface area contributed by atoms with Crippen molar-refractivity contribution in [3.8, 4) is 26.9 Å². The van der Waals surface area contributed by atoms with E-state index in [-0.39, 0.29) is 6.42 Å². The standard InChI is InChI=1S/C28H27N3O3S/c1-4-6-23-18(3)29-28(31-27(23)30-21-11-7-19(8-12-21)17-26(32)33)25-16-15-24(35-25)20-9-13-22(14-10-20)34-5-2/h4,7-16H,1,5-6,17H2,2-3H3,(H,32,33)(H,29,30,31). The normalized spacial score (nSPS) is 10.7. The Morgan fingerprint density at radius 2 is 1.77 bits per heavy atom. The van der Waals surface area contributed by atoms with E-state index in [9.17, 15) is 4.79 Å². The van der Waals surface area contributed by atoms with Gasteiger partial charge < -0.3 is 15.2 Å². The van der Waals surface area contributed by atoms with Crippen molar-refractivity contribution in [1.29, 1.82) is 0 Å². The summed E-state index contributed by atoms with van der Waals surface area (Å²) in [6.45, 7) is 8.47. The van der Waals surface area contributed by atoms with Gasteiger partial charge in [-0.1, -0.05) is 18.2 Å². The lowest BCUT2D eigenvalue weighted by atomic mass is 10.1. The second-order valence-corrected chi connectivity index (χ2v) is 9.05. The van der Waals surface area contributed by atoms with Crippen LogP contribution in [0.15, 0.2) is 73.3 Å². The van der Waals surface area contributed by atoms with Crippen LogP contribution in [-0.2, 0) is 17.6 Å². The van der Waals surface area contributed by atoms with Gasteiger partial charge in [-0.05, 0) is 79.9 Å². The molecule has 0 atom stereocenters. The number of allylic oxidation sites excluding steroid dienone is 1. The van der Waals surface area contributed by atoms with Gasteiger partial charge in [0, 0.05) is 21.8 Å². The number of ether oxygens (including phenoxy) is 1. The molecule has 4 rings (SSSR count). The molecule has 0 amide bonds. The maximum atomic E-state index is 11.0. The number of carbonyl (C=O) groups is 1. The van der Waals surface area contributed by atoms with Gasteiger partial charge in [-0.15, -0.1) is 17.9 Å². The summed E-state index contributed by atoms with van der Waals surface area (Å²) in [5.41, 5.74) is 4.55. The molecule has 0 saturated heterocycles. The molecule has 0 bridgehead atoms. The summed E-state index contributed by atoms with van der Waals surface area (Å²) >= 11 is 1.64. The summed E-state index contributed by atoms with van der Waals surface area (Å²) < 4.78 is 5.54. The predicted molar refractivity (Wildman–Crippen MR) is 142 cm³/mol. The van der Waals surface area contributed by atoms with Crippen molar-refractivity contribution < 1.29 is 14.6 Å². The Morgan fingerprint density at radius 1 is 1.06 bits per heavy atom. The van der Waals surface area contributed by atoms with Crippen LogP contribution in [0.2, 0.25) is 0 Å². The number of thiophene rings is 1. The highest BCUT2D eigenvalue weighted by atomic mass is 32.1. The first-order chi connectivity index (χ1) is 17.0. The monoisotopic (exact) mass is 485 g/mol. The number of aliphatic carboxylic acids is 1. The van der Waals surface area contributed by atoms with Crippen LogP contribution in [-0.4, -0.2) is 27.7 Å². The zero-order valence-electron chi connectivity index (χ0n) is 19.7. The number of anilines is 2. The Kier molecular flexibility index (Phi) is 7.57. The van der Waals surface area contributed by atoms with Gasteiger partial charge in [0.15, 0.2) is 5.82 Å². The third-order valence-corrected chi connectivity index (χ3v) is 6.54. The van der Waals surface area contributed by atoms with Gasteiger partial charge in [0.2, 0.25) is 0 Å². The first-order valence-electron chi connectivity index (χ1n) is 11.4. The first-order valence-corrected chi connectivity index (χ1v) is 12.2. The molecule has 0 spiro atoms. The zero-order chi connectivity index (χ0) is 24.8. The largest absolute Gasteiger partial charge is 0.494 e. The molecule has 35 heavy (non-hydrogen) atoms. The van der Waals surface area contributed by atoms with Crippen molar-refractivity contribution in [1.82, 2.24) is 9.97 Å². The minimum Gasteiger partial charge on any atom is -0.494 e. The second-order valence-electron chi connectivity index (χ2n) is 7.97. The average Bonchev–Trinajstić information content (AvgIpc) is 3.33. The van der Waals surface area contributed by atoms with Gasteiger partial charge >= 0.3 is 5.97 Å². The molecule has 2 aromatic heterocycles. The molecule has 0 saturated carbocycles. The van der Waals surface area contributed by atoms with Crippen LogP contribution in [0.1, 0.15) is 23.7 Å². The summed E-state index contributed by atoms with van der Waals surface area (Å²) in [4.78, 5) is 22.7. The molecule has 2 N–H and O–H groups in total. The molecule has 2 aromatic carbocycles. The lowest BCUT2D eigenvalue weighted by Gasteiger charge is -2.14. The average molecular weight is 486 g/mol. The van der Waals surface area contributed by atoms with Gasteiger partial charge in [-0.25, -0.2) is 9.97 Å². The molecule has 6 nitrogen and oxygen atoms in total. The Balaban J connectivity index is 1.63. The summed E-state index contributed by atoms with van der Waals surface area (Å²) in [6, 6.07) is 19.5. The Bertz CT molecular complexity index is 1330. The molecule has 0 unspecified atom stereocenters. The number of rotatable bonds is 10. The number of benzene rings is 2. The number of hydrogen-bond donors (Lipinski definition) is 2. The molecule has 178 valence electrons. The predicted octanol–water partition coefficient (Wildman–Crippen LogP) is 6.68. The van der Waals surface area contributed by atoms with Crippen molar-refractivity contribution in [2.75, 3.05) is 11.9 Å². The molecule has 2 heterocycles. The van der Waals surface area contributed by atoms with Gasteiger partial charge in [0.25, 0.3) is 0 Å². The molecular weight excluding hydrogens is 458 g/mol. The van der Waals surface area contributed by atoms with Crippen LogP contribution in [0.5, 0.6) is 5.75 Å². The maximum Gasteiger partial charge on any atom is 0.307 e. The zero-order valence-corrected chi connectivity index (χ0v) is 20.6. The highest BCUT2D eigenvalue weighted by molar-refractivity contribution is 7.18. The lowest BCUT2D eigenvalue weighted by molar-refractivity contribution is -0.136. The molecule has 0 radical (unpaired) electrons. The highest BCUT2D eigenvalue weighted by Gasteiger charge is 2.15. The minimum atomic E-state index is -0.851. The van der Waals surface area contributed by atoms with E-state index in [0.717, 1.165) is 49.4 Å². The number of nitrogens with zero attached hydrogens (tertiary/aromatic N) is 2. The van der Waals surface area contributed by atoms with Crippen LogP contribution < -0.4 is 10.1 Å². The number of carboxylic acid groups (broad SMARTS) is 1. The molecule has 0 aliphatic rings. The fourth-order valence-electron chi connectivity index (χ4n) is 3.71. The van der Waals surface area contributed by atoms with E-state index in [0.29, 0.717) is 18.9 Å². The third-order valence-electron chi connectivity index (χ3n) is 5.41. The Labute approximate surface area is 209 Å². The van der Waals surface area contributed by atoms with Gasteiger partial charge in [0.1, 0.15) is 11.6 Å².